The monoisotopic (exact) mass is 421 g/mol. The Hall–Kier alpha value is -3.42. The molecule has 8 heteroatoms. The van der Waals surface area contributed by atoms with E-state index in [-0.39, 0.29) is 12.3 Å². The van der Waals surface area contributed by atoms with Gasteiger partial charge in [-0.3, -0.25) is 4.79 Å². The summed E-state index contributed by atoms with van der Waals surface area (Å²) in [5.74, 6) is 2.68. The number of amides is 1. The number of aryl methyl sites for hydroxylation is 1. The SMILES string of the molecule is CCOc1ccc(-c2noc(CCC(=O)NCc3ccnc(N4CCCC4)c3)n2)cc1. The van der Waals surface area contributed by atoms with E-state index in [2.05, 4.69) is 25.3 Å². The Morgan fingerprint density at radius 2 is 2.00 bits per heavy atom. The van der Waals surface area contributed by atoms with Gasteiger partial charge in [-0.05, 0) is 61.7 Å². The van der Waals surface area contributed by atoms with E-state index in [9.17, 15) is 4.79 Å². The number of pyridine rings is 1. The molecule has 1 amide bonds. The normalized spacial score (nSPS) is 13.4. The van der Waals surface area contributed by atoms with Crippen molar-refractivity contribution in [2.45, 2.75) is 39.2 Å². The number of nitrogens with zero attached hydrogens (tertiary/aromatic N) is 4. The zero-order chi connectivity index (χ0) is 21.5. The molecule has 0 atom stereocenters. The van der Waals surface area contributed by atoms with Crippen molar-refractivity contribution < 1.29 is 14.1 Å². The predicted molar refractivity (Wildman–Crippen MR) is 117 cm³/mol. The lowest BCUT2D eigenvalue weighted by Gasteiger charge is -2.16. The minimum Gasteiger partial charge on any atom is -0.494 e. The van der Waals surface area contributed by atoms with Gasteiger partial charge in [-0.25, -0.2) is 4.98 Å². The van der Waals surface area contributed by atoms with Crippen molar-refractivity contribution in [3.63, 3.8) is 0 Å². The molecule has 1 aliphatic heterocycles. The van der Waals surface area contributed by atoms with Crippen LogP contribution in [0.15, 0.2) is 47.1 Å². The van der Waals surface area contributed by atoms with Crippen molar-refractivity contribution >= 4 is 11.7 Å². The Kier molecular flexibility index (Phi) is 6.76. The van der Waals surface area contributed by atoms with E-state index in [1.807, 2.05) is 43.3 Å². The van der Waals surface area contributed by atoms with Crippen LogP contribution in [0, 0.1) is 0 Å². The van der Waals surface area contributed by atoms with Crippen LogP contribution in [0.2, 0.25) is 0 Å². The van der Waals surface area contributed by atoms with Gasteiger partial charge in [0.15, 0.2) is 0 Å². The first-order chi connectivity index (χ1) is 15.2. The lowest BCUT2D eigenvalue weighted by molar-refractivity contribution is -0.121. The summed E-state index contributed by atoms with van der Waals surface area (Å²) in [5.41, 5.74) is 1.88. The summed E-state index contributed by atoms with van der Waals surface area (Å²) in [6.07, 6.45) is 4.90. The molecule has 4 rings (SSSR count). The fourth-order valence-corrected chi connectivity index (χ4v) is 3.54. The van der Waals surface area contributed by atoms with Crippen molar-refractivity contribution in [3.05, 3.63) is 54.0 Å². The number of carbonyl (C=O) groups is 1. The Bertz CT molecular complexity index is 996. The molecule has 1 fully saturated rings. The topological polar surface area (TPSA) is 93.4 Å². The molecule has 0 aliphatic carbocycles. The number of ether oxygens (including phenoxy) is 1. The van der Waals surface area contributed by atoms with E-state index in [1.54, 1.807) is 6.20 Å². The van der Waals surface area contributed by atoms with E-state index in [1.165, 1.54) is 12.8 Å². The maximum absolute atomic E-state index is 12.3. The summed E-state index contributed by atoms with van der Waals surface area (Å²) in [5, 5.41) is 6.97. The molecule has 3 aromatic rings. The van der Waals surface area contributed by atoms with Gasteiger partial charge in [0.2, 0.25) is 17.6 Å². The molecule has 0 spiro atoms. The molecule has 8 nitrogen and oxygen atoms in total. The van der Waals surface area contributed by atoms with Crippen molar-refractivity contribution in [3.8, 4) is 17.1 Å². The number of rotatable bonds is 9. The van der Waals surface area contributed by atoms with Crippen LogP contribution >= 0.6 is 0 Å². The third-order valence-electron chi connectivity index (χ3n) is 5.19. The standard InChI is InChI=1S/C23H27N5O3/c1-2-30-19-7-5-18(6-8-19)23-26-22(31-27-23)10-9-21(29)25-16-17-11-12-24-20(15-17)28-13-3-4-14-28/h5-8,11-12,15H,2-4,9-10,13-14,16H2,1H3,(H,25,29). The molecule has 1 aromatic carbocycles. The van der Waals surface area contributed by atoms with Crippen LogP contribution in [0.5, 0.6) is 5.75 Å². The quantitative estimate of drug-likeness (QED) is 0.566. The number of hydrogen-bond donors (Lipinski definition) is 1. The van der Waals surface area contributed by atoms with E-state index in [4.69, 9.17) is 9.26 Å². The van der Waals surface area contributed by atoms with Gasteiger partial charge in [0.25, 0.3) is 0 Å². The molecule has 3 heterocycles. The molecule has 1 N–H and O–H groups in total. The van der Waals surface area contributed by atoms with Crippen LogP contribution in [-0.2, 0) is 17.8 Å². The molecule has 1 aliphatic rings. The molecule has 162 valence electrons. The summed E-state index contributed by atoms with van der Waals surface area (Å²) in [6.45, 7) is 5.13. The van der Waals surface area contributed by atoms with Crippen molar-refractivity contribution in [1.29, 1.82) is 0 Å². The second kappa shape index (κ2) is 10.1. The number of carbonyl (C=O) groups excluding carboxylic acids is 1. The van der Waals surface area contributed by atoms with Gasteiger partial charge >= 0.3 is 0 Å². The maximum atomic E-state index is 12.3. The molecule has 31 heavy (non-hydrogen) atoms. The van der Waals surface area contributed by atoms with Gasteiger partial charge in [0, 0.05) is 44.2 Å². The third kappa shape index (κ3) is 5.59. The third-order valence-corrected chi connectivity index (χ3v) is 5.19. The number of nitrogens with one attached hydrogen (secondary N) is 1. The largest absolute Gasteiger partial charge is 0.494 e. The summed E-state index contributed by atoms with van der Waals surface area (Å²) >= 11 is 0. The van der Waals surface area contributed by atoms with Gasteiger partial charge < -0.3 is 19.5 Å². The lowest BCUT2D eigenvalue weighted by atomic mass is 10.2. The number of aromatic nitrogens is 3. The highest BCUT2D eigenvalue weighted by Crippen LogP contribution is 2.21. The van der Waals surface area contributed by atoms with E-state index >= 15 is 0 Å². The van der Waals surface area contributed by atoms with E-state index < -0.39 is 0 Å². The van der Waals surface area contributed by atoms with Crippen LogP contribution < -0.4 is 15.0 Å². The molecule has 0 radical (unpaired) electrons. The van der Waals surface area contributed by atoms with Crippen molar-refractivity contribution in [2.24, 2.45) is 0 Å². The zero-order valence-electron chi connectivity index (χ0n) is 17.7. The number of hydrogen-bond acceptors (Lipinski definition) is 7. The van der Waals surface area contributed by atoms with Crippen LogP contribution in [0.3, 0.4) is 0 Å². The second-order valence-corrected chi connectivity index (χ2v) is 7.46. The Morgan fingerprint density at radius 3 is 2.77 bits per heavy atom. The number of benzene rings is 1. The van der Waals surface area contributed by atoms with E-state index in [0.29, 0.717) is 31.3 Å². The first-order valence-electron chi connectivity index (χ1n) is 10.7. The fraction of sp³-hybridized carbons (Fsp3) is 0.391. The second-order valence-electron chi connectivity index (χ2n) is 7.46. The molecule has 0 bridgehead atoms. The van der Waals surface area contributed by atoms with E-state index in [0.717, 1.165) is 35.8 Å². The first kappa shape index (κ1) is 20.8. The minimum absolute atomic E-state index is 0.0552. The summed E-state index contributed by atoms with van der Waals surface area (Å²) < 4.78 is 10.7. The first-order valence-corrected chi connectivity index (χ1v) is 10.7. The van der Waals surface area contributed by atoms with Crippen LogP contribution in [-0.4, -0.2) is 40.7 Å². The summed E-state index contributed by atoms with van der Waals surface area (Å²) in [6, 6.07) is 11.5. The van der Waals surface area contributed by atoms with Crippen LogP contribution in [0.4, 0.5) is 5.82 Å². The highest BCUT2D eigenvalue weighted by atomic mass is 16.5. The molecular weight excluding hydrogens is 394 g/mol. The molecule has 0 saturated carbocycles. The predicted octanol–water partition coefficient (Wildman–Crippen LogP) is 3.38. The van der Waals surface area contributed by atoms with Crippen molar-refractivity contribution in [1.82, 2.24) is 20.4 Å². The van der Waals surface area contributed by atoms with Crippen LogP contribution in [0.25, 0.3) is 11.4 Å². The Balaban J connectivity index is 1.25. The highest BCUT2D eigenvalue weighted by molar-refractivity contribution is 5.76. The smallest absolute Gasteiger partial charge is 0.227 e. The van der Waals surface area contributed by atoms with Gasteiger partial charge in [-0.1, -0.05) is 5.16 Å². The molecular formula is C23H27N5O3. The van der Waals surface area contributed by atoms with Gasteiger partial charge in [0.05, 0.1) is 6.61 Å². The molecule has 1 saturated heterocycles. The fourth-order valence-electron chi connectivity index (χ4n) is 3.54. The number of anilines is 1. The van der Waals surface area contributed by atoms with Gasteiger partial charge in [0.1, 0.15) is 11.6 Å². The summed E-state index contributed by atoms with van der Waals surface area (Å²) in [4.78, 5) is 23.4. The molecule has 0 unspecified atom stereocenters. The highest BCUT2D eigenvalue weighted by Gasteiger charge is 2.14. The maximum Gasteiger partial charge on any atom is 0.227 e. The summed E-state index contributed by atoms with van der Waals surface area (Å²) in [7, 11) is 0. The van der Waals surface area contributed by atoms with Crippen molar-refractivity contribution in [2.75, 3.05) is 24.6 Å². The lowest BCUT2D eigenvalue weighted by Crippen LogP contribution is -2.24. The Morgan fingerprint density at radius 1 is 1.19 bits per heavy atom. The molecule has 2 aromatic heterocycles. The van der Waals surface area contributed by atoms with Crippen LogP contribution in [0.1, 0.15) is 37.6 Å². The average molecular weight is 422 g/mol. The average Bonchev–Trinajstić information content (AvgIpc) is 3.50. The van der Waals surface area contributed by atoms with Gasteiger partial charge in [-0.15, -0.1) is 0 Å². The minimum atomic E-state index is -0.0552. The van der Waals surface area contributed by atoms with Gasteiger partial charge in [-0.2, -0.15) is 4.98 Å². The Labute approximate surface area is 181 Å². The zero-order valence-corrected chi connectivity index (χ0v) is 17.7.